The summed E-state index contributed by atoms with van der Waals surface area (Å²) in [6.07, 6.45) is 0. The zero-order chi connectivity index (χ0) is 13.4. The molecule has 0 aliphatic rings. The predicted octanol–water partition coefficient (Wildman–Crippen LogP) is 2.02. The molecular weight excluding hydrogens is 230 g/mol. The molecule has 102 valence electrons. The Hall–Kier alpha value is -1.20. The summed E-state index contributed by atoms with van der Waals surface area (Å²) in [5.41, 5.74) is 0.934. The van der Waals surface area contributed by atoms with Gasteiger partial charge in [0.2, 0.25) is 0 Å². The maximum Gasteiger partial charge on any atom is 0.156 e. The number of rotatable bonds is 8. The Morgan fingerprint density at radius 1 is 1.22 bits per heavy atom. The minimum Gasteiger partial charge on any atom is -0.379 e. The van der Waals surface area contributed by atoms with Gasteiger partial charge in [-0.05, 0) is 12.8 Å². The molecule has 1 aromatic rings. The highest BCUT2D eigenvalue weighted by Gasteiger charge is 2.01. The molecule has 0 saturated heterocycles. The first-order valence-electron chi connectivity index (χ1n) is 6.29. The fraction of sp³-hybridized carbons (Fsp3) is 0.692. The Kier molecular flexibility index (Phi) is 6.60. The van der Waals surface area contributed by atoms with Crippen LogP contribution in [0.1, 0.15) is 25.4 Å². The first-order chi connectivity index (χ1) is 8.61. The van der Waals surface area contributed by atoms with Gasteiger partial charge in [-0.25, -0.2) is 9.97 Å². The minimum atomic E-state index is 0.418. The van der Waals surface area contributed by atoms with E-state index in [0.717, 1.165) is 18.1 Å². The number of nitrogens with one attached hydrogen (secondary N) is 1. The molecule has 1 rings (SSSR count). The molecule has 5 heteroatoms. The smallest absolute Gasteiger partial charge is 0.156 e. The van der Waals surface area contributed by atoms with E-state index in [1.54, 1.807) is 0 Å². The second kappa shape index (κ2) is 8.00. The number of nitrogens with zero attached hydrogens (tertiary/aromatic N) is 2. The molecule has 18 heavy (non-hydrogen) atoms. The molecule has 0 aliphatic carbocycles. The second-order valence-electron chi connectivity index (χ2n) is 4.58. The third-order valence-corrected chi connectivity index (χ3v) is 2.21. The van der Waals surface area contributed by atoms with Crippen molar-refractivity contribution in [2.24, 2.45) is 5.92 Å². The van der Waals surface area contributed by atoms with E-state index >= 15 is 0 Å². The lowest BCUT2D eigenvalue weighted by Gasteiger charge is -2.08. The third-order valence-electron chi connectivity index (χ3n) is 2.21. The Labute approximate surface area is 109 Å². The van der Waals surface area contributed by atoms with Crippen LogP contribution >= 0.6 is 0 Å². The molecule has 0 aromatic carbocycles. The lowest BCUT2D eigenvalue weighted by atomic mass is 10.2. The van der Waals surface area contributed by atoms with Crippen molar-refractivity contribution in [3.05, 3.63) is 17.6 Å². The third kappa shape index (κ3) is 5.93. The molecule has 0 aliphatic heterocycles. The van der Waals surface area contributed by atoms with Crippen molar-refractivity contribution >= 4 is 5.82 Å². The SMILES string of the molecule is CNc1cc(C)nc(COCCOCC(C)C)n1. The Balaban J connectivity index is 2.24. The summed E-state index contributed by atoms with van der Waals surface area (Å²) in [6.45, 7) is 8.57. The highest BCUT2D eigenvalue weighted by Crippen LogP contribution is 2.05. The maximum atomic E-state index is 5.48. The van der Waals surface area contributed by atoms with Crippen LogP contribution in [0, 0.1) is 12.8 Å². The van der Waals surface area contributed by atoms with Gasteiger partial charge in [-0.15, -0.1) is 0 Å². The average Bonchev–Trinajstić information content (AvgIpc) is 2.32. The largest absolute Gasteiger partial charge is 0.379 e. The monoisotopic (exact) mass is 253 g/mol. The van der Waals surface area contributed by atoms with Crippen LogP contribution < -0.4 is 5.32 Å². The van der Waals surface area contributed by atoms with Crippen LogP contribution in [0.3, 0.4) is 0 Å². The zero-order valence-corrected chi connectivity index (χ0v) is 11.7. The van der Waals surface area contributed by atoms with E-state index in [2.05, 4.69) is 29.1 Å². The van der Waals surface area contributed by atoms with Crippen LogP contribution in [0.25, 0.3) is 0 Å². The predicted molar refractivity (Wildman–Crippen MR) is 71.6 cm³/mol. The van der Waals surface area contributed by atoms with Crippen LogP contribution in [-0.2, 0) is 16.1 Å². The number of anilines is 1. The molecule has 0 saturated carbocycles. The number of aryl methyl sites for hydroxylation is 1. The number of hydrogen-bond acceptors (Lipinski definition) is 5. The normalized spacial score (nSPS) is 10.9. The average molecular weight is 253 g/mol. The summed E-state index contributed by atoms with van der Waals surface area (Å²) < 4.78 is 10.9. The fourth-order valence-corrected chi connectivity index (χ4v) is 1.42. The first-order valence-corrected chi connectivity index (χ1v) is 6.29. The summed E-state index contributed by atoms with van der Waals surface area (Å²) in [6, 6.07) is 1.90. The van der Waals surface area contributed by atoms with E-state index in [4.69, 9.17) is 9.47 Å². The summed E-state index contributed by atoms with van der Waals surface area (Å²) in [5, 5.41) is 3.00. The summed E-state index contributed by atoms with van der Waals surface area (Å²) in [7, 11) is 1.84. The highest BCUT2D eigenvalue weighted by atomic mass is 16.5. The molecule has 0 bridgehead atoms. The Bertz CT molecular complexity index is 356. The molecule has 0 fully saturated rings. The van der Waals surface area contributed by atoms with E-state index < -0.39 is 0 Å². The Morgan fingerprint density at radius 2 is 1.94 bits per heavy atom. The van der Waals surface area contributed by atoms with Gasteiger partial charge in [0.25, 0.3) is 0 Å². The molecular formula is C13H23N3O2. The van der Waals surface area contributed by atoms with Crippen molar-refractivity contribution in [3.8, 4) is 0 Å². The van der Waals surface area contributed by atoms with Crippen LogP contribution in [0.4, 0.5) is 5.82 Å². The molecule has 0 spiro atoms. The highest BCUT2D eigenvalue weighted by molar-refractivity contribution is 5.34. The zero-order valence-electron chi connectivity index (χ0n) is 11.7. The second-order valence-corrected chi connectivity index (χ2v) is 4.58. The van der Waals surface area contributed by atoms with Gasteiger partial charge in [0.05, 0.1) is 13.2 Å². The molecule has 5 nitrogen and oxygen atoms in total. The van der Waals surface area contributed by atoms with Gasteiger partial charge in [0.15, 0.2) is 5.82 Å². The van der Waals surface area contributed by atoms with Crippen molar-refractivity contribution in [3.63, 3.8) is 0 Å². The van der Waals surface area contributed by atoms with E-state index in [-0.39, 0.29) is 0 Å². The fourth-order valence-electron chi connectivity index (χ4n) is 1.42. The van der Waals surface area contributed by atoms with Gasteiger partial charge in [0.1, 0.15) is 12.4 Å². The van der Waals surface area contributed by atoms with Crippen LogP contribution in [0.2, 0.25) is 0 Å². The minimum absolute atomic E-state index is 0.418. The van der Waals surface area contributed by atoms with E-state index in [1.807, 2.05) is 20.0 Å². The van der Waals surface area contributed by atoms with Crippen molar-refractivity contribution in [2.75, 3.05) is 32.2 Å². The van der Waals surface area contributed by atoms with Gasteiger partial charge >= 0.3 is 0 Å². The summed E-state index contributed by atoms with van der Waals surface area (Å²) in [5.74, 6) is 2.07. The van der Waals surface area contributed by atoms with Crippen molar-refractivity contribution in [2.45, 2.75) is 27.4 Å². The van der Waals surface area contributed by atoms with Gasteiger partial charge in [-0.2, -0.15) is 0 Å². The van der Waals surface area contributed by atoms with Gasteiger partial charge in [0, 0.05) is 25.4 Å². The van der Waals surface area contributed by atoms with Gasteiger partial charge in [-0.3, -0.25) is 0 Å². The number of aromatic nitrogens is 2. The van der Waals surface area contributed by atoms with E-state index in [9.17, 15) is 0 Å². The molecule has 0 amide bonds. The summed E-state index contributed by atoms with van der Waals surface area (Å²) in [4.78, 5) is 8.62. The van der Waals surface area contributed by atoms with Crippen LogP contribution in [0.15, 0.2) is 6.07 Å². The van der Waals surface area contributed by atoms with Crippen molar-refractivity contribution in [1.29, 1.82) is 0 Å². The molecule has 1 aromatic heterocycles. The van der Waals surface area contributed by atoms with Crippen molar-refractivity contribution in [1.82, 2.24) is 9.97 Å². The number of hydrogen-bond donors (Lipinski definition) is 1. The van der Waals surface area contributed by atoms with E-state index in [0.29, 0.717) is 31.6 Å². The standard InChI is InChI=1S/C13H23N3O2/c1-10(2)8-17-5-6-18-9-13-15-11(3)7-12(14-4)16-13/h7,10H,5-6,8-9H2,1-4H3,(H,14,15,16). The maximum absolute atomic E-state index is 5.48. The van der Waals surface area contributed by atoms with Gasteiger partial charge in [-0.1, -0.05) is 13.8 Å². The molecule has 1 heterocycles. The first kappa shape index (κ1) is 14.9. The lowest BCUT2D eigenvalue weighted by Crippen LogP contribution is -2.10. The topological polar surface area (TPSA) is 56.3 Å². The molecule has 0 unspecified atom stereocenters. The lowest BCUT2D eigenvalue weighted by molar-refractivity contribution is 0.0294. The molecule has 0 atom stereocenters. The Morgan fingerprint density at radius 3 is 2.61 bits per heavy atom. The van der Waals surface area contributed by atoms with Gasteiger partial charge < -0.3 is 14.8 Å². The molecule has 0 radical (unpaired) electrons. The summed E-state index contributed by atoms with van der Waals surface area (Å²) >= 11 is 0. The van der Waals surface area contributed by atoms with Crippen LogP contribution in [-0.4, -0.2) is 36.8 Å². The quantitative estimate of drug-likeness (QED) is 0.718. The molecule has 1 N–H and O–H groups in total. The number of ether oxygens (including phenoxy) is 2. The van der Waals surface area contributed by atoms with E-state index in [1.165, 1.54) is 0 Å². The van der Waals surface area contributed by atoms with Crippen molar-refractivity contribution < 1.29 is 9.47 Å². The van der Waals surface area contributed by atoms with Crippen LogP contribution in [0.5, 0.6) is 0 Å².